The van der Waals surface area contributed by atoms with Gasteiger partial charge in [0.25, 0.3) is 0 Å². The molecule has 138 valence electrons. The first-order valence-electron chi connectivity index (χ1n) is 8.81. The molecule has 1 aromatic heterocycles. The number of aliphatic hydroxyl groups is 1. The molecule has 6 nitrogen and oxygen atoms in total. The molecule has 3 rings (SSSR count). The number of aromatic nitrogens is 1. The maximum Gasteiger partial charge on any atom is 0.227 e. The Morgan fingerprint density at radius 2 is 2.08 bits per heavy atom. The van der Waals surface area contributed by atoms with E-state index in [-0.39, 0.29) is 24.8 Å². The molecule has 1 aromatic carbocycles. The van der Waals surface area contributed by atoms with Gasteiger partial charge in [-0.3, -0.25) is 9.59 Å². The van der Waals surface area contributed by atoms with Crippen molar-refractivity contribution >= 4 is 17.5 Å². The molecular weight excluding hydrogens is 330 g/mol. The van der Waals surface area contributed by atoms with Crippen molar-refractivity contribution in [3.05, 3.63) is 53.3 Å². The Morgan fingerprint density at radius 1 is 1.31 bits per heavy atom. The Kier molecular flexibility index (Phi) is 5.13. The maximum absolute atomic E-state index is 12.4. The SMILES string of the molecule is Cc1ccc(N2C[C@@H](C(=O)NC[C@H](O)c3cccn3C)CC2=O)cc1C. The van der Waals surface area contributed by atoms with Crippen molar-refractivity contribution in [2.45, 2.75) is 26.4 Å². The van der Waals surface area contributed by atoms with Crippen LogP contribution in [-0.4, -0.2) is 34.6 Å². The van der Waals surface area contributed by atoms with Crippen LogP contribution < -0.4 is 10.2 Å². The molecule has 2 aromatic rings. The van der Waals surface area contributed by atoms with E-state index < -0.39 is 12.0 Å². The van der Waals surface area contributed by atoms with Gasteiger partial charge in [-0.05, 0) is 49.2 Å². The lowest BCUT2D eigenvalue weighted by atomic mass is 10.1. The van der Waals surface area contributed by atoms with Crippen LogP contribution in [0, 0.1) is 19.8 Å². The van der Waals surface area contributed by atoms with Crippen LogP contribution in [0.2, 0.25) is 0 Å². The van der Waals surface area contributed by atoms with Crippen molar-refractivity contribution in [3.63, 3.8) is 0 Å². The van der Waals surface area contributed by atoms with E-state index in [4.69, 9.17) is 0 Å². The van der Waals surface area contributed by atoms with Gasteiger partial charge < -0.3 is 19.9 Å². The second kappa shape index (κ2) is 7.33. The van der Waals surface area contributed by atoms with Crippen LogP contribution in [0.25, 0.3) is 0 Å². The normalized spacial score (nSPS) is 18.2. The van der Waals surface area contributed by atoms with Gasteiger partial charge in [-0.1, -0.05) is 6.07 Å². The highest BCUT2D eigenvalue weighted by Gasteiger charge is 2.35. The molecule has 2 amide bonds. The van der Waals surface area contributed by atoms with Gasteiger partial charge in [-0.25, -0.2) is 0 Å². The fraction of sp³-hybridized carbons (Fsp3) is 0.400. The third-order valence-electron chi connectivity index (χ3n) is 5.09. The van der Waals surface area contributed by atoms with Crippen LogP contribution in [0.5, 0.6) is 0 Å². The molecule has 0 spiro atoms. The van der Waals surface area contributed by atoms with Crippen LogP contribution in [0.4, 0.5) is 5.69 Å². The molecule has 6 heteroatoms. The van der Waals surface area contributed by atoms with E-state index in [0.717, 1.165) is 16.9 Å². The van der Waals surface area contributed by atoms with Gasteiger partial charge in [0.05, 0.1) is 5.92 Å². The number of nitrogens with zero attached hydrogens (tertiary/aromatic N) is 2. The van der Waals surface area contributed by atoms with Crippen molar-refractivity contribution in [1.29, 1.82) is 0 Å². The Hall–Kier alpha value is -2.60. The topological polar surface area (TPSA) is 74.6 Å². The Bertz CT molecular complexity index is 827. The lowest BCUT2D eigenvalue weighted by Crippen LogP contribution is -2.35. The summed E-state index contributed by atoms with van der Waals surface area (Å²) < 4.78 is 1.82. The second-order valence-corrected chi connectivity index (χ2v) is 6.98. The van der Waals surface area contributed by atoms with Crippen molar-refractivity contribution in [1.82, 2.24) is 9.88 Å². The van der Waals surface area contributed by atoms with Crippen molar-refractivity contribution < 1.29 is 14.7 Å². The van der Waals surface area contributed by atoms with Crippen LogP contribution >= 0.6 is 0 Å². The number of nitrogens with one attached hydrogen (secondary N) is 1. The minimum absolute atomic E-state index is 0.0450. The number of hydrogen-bond acceptors (Lipinski definition) is 3. The average Bonchev–Trinajstić information content (AvgIpc) is 3.21. The van der Waals surface area contributed by atoms with Crippen molar-refractivity contribution in [2.75, 3.05) is 18.0 Å². The number of benzene rings is 1. The molecule has 0 unspecified atom stereocenters. The summed E-state index contributed by atoms with van der Waals surface area (Å²) in [5, 5.41) is 13.0. The van der Waals surface area contributed by atoms with Gasteiger partial charge in [0.1, 0.15) is 6.10 Å². The molecule has 2 N–H and O–H groups in total. The van der Waals surface area contributed by atoms with Crippen LogP contribution in [0.1, 0.15) is 29.3 Å². The zero-order valence-electron chi connectivity index (χ0n) is 15.4. The fourth-order valence-corrected chi connectivity index (χ4v) is 3.29. The molecule has 0 radical (unpaired) electrons. The maximum atomic E-state index is 12.4. The molecule has 1 aliphatic rings. The first-order chi connectivity index (χ1) is 12.4. The first kappa shape index (κ1) is 18.2. The van der Waals surface area contributed by atoms with E-state index in [1.807, 2.05) is 62.0 Å². The Morgan fingerprint density at radius 3 is 2.73 bits per heavy atom. The Balaban J connectivity index is 1.60. The summed E-state index contributed by atoms with van der Waals surface area (Å²) in [6.07, 6.45) is 1.27. The zero-order valence-corrected chi connectivity index (χ0v) is 15.4. The van der Waals surface area contributed by atoms with Crippen molar-refractivity contribution in [3.8, 4) is 0 Å². The van der Waals surface area contributed by atoms with Crippen molar-refractivity contribution in [2.24, 2.45) is 13.0 Å². The number of anilines is 1. The summed E-state index contributed by atoms with van der Waals surface area (Å²) in [7, 11) is 1.84. The van der Waals surface area contributed by atoms with Gasteiger partial charge in [0, 0.05) is 44.1 Å². The third kappa shape index (κ3) is 3.65. The number of carbonyl (C=O) groups is 2. The highest BCUT2D eigenvalue weighted by molar-refractivity contribution is 6.00. The standard InChI is InChI=1S/C20H25N3O3/c1-13-6-7-16(9-14(13)2)23-12-15(10-19(23)25)20(26)21-11-18(24)17-5-4-8-22(17)3/h4-9,15,18,24H,10-12H2,1-3H3,(H,21,26)/t15-,18-/m0/s1. The molecular formula is C20H25N3O3. The lowest BCUT2D eigenvalue weighted by molar-refractivity contribution is -0.126. The molecule has 1 aliphatic heterocycles. The number of amides is 2. The quantitative estimate of drug-likeness (QED) is 0.859. The summed E-state index contributed by atoms with van der Waals surface area (Å²) in [6, 6.07) is 9.54. The monoisotopic (exact) mass is 355 g/mol. The molecule has 1 saturated heterocycles. The third-order valence-corrected chi connectivity index (χ3v) is 5.09. The number of carbonyl (C=O) groups excluding carboxylic acids is 2. The first-order valence-corrected chi connectivity index (χ1v) is 8.81. The summed E-state index contributed by atoms with van der Waals surface area (Å²) in [5.41, 5.74) is 3.86. The van der Waals surface area contributed by atoms with Crippen LogP contribution in [0.15, 0.2) is 36.5 Å². The van der Waals surface area contributed by atoms with Gasteiger partial charge in [-0.15, -0.1) is 0 Å². The lowest BCUT2D eigenvalue weighted by Gasteiger charge is -2.18. The predicted molar refractivity (Wildman–Crippen MR) is 99.8 cm³/mol. The summed E-state index contributed by atoms with van der Waals surface area (Å²) in [4.78, 5) is 26.5. The molecule has 26 heavy (non-hydrogen) atoms. The number of aryl methyl sites for hydroxylation is 3. The van der Waals surface area contributed by atoms with E-state index in [9.17, 15) is 14.7 Å². The van der Waals surface area contributed by atoms with Crippen LogP contribution in [-0.2, 0) is 16.6 Å². The van der Waals surface area contributed by atoms with Crippen LogP contribution in [0.3, 0.4) is 0 Å². The van der Waals surface area contributed by atoms with Gasteiger partial charge in [-0.2, -0.15) is 0 Å². The number of hydrogen-bond donors (Lipinski definition) is 2. The molecule has 2 atom stereocenters. The minimum Gasteiger partial charge on any atom is -0.385 e. The highest BCUT2D eigenvalue weighted by atomic mass is 16.3. The van der Waals surface area contributed by atoms with Gasteiger partial charge >= 0.3 is 0 Å². The molecule has 0 aliphatic carbocycles. The molecule has 2 heterocycles. The average molecular weight is 355 g/mol. The largest absolute Gasteiger partial charge is 0.385 e. The van der Waals surface area contributed by atoms with E-state index in [1.54, 1.807) is 4.90 Å². The Labute approximate surface area is 153 Å². The second-order valence-electron chi connectivity index (χ2n) is 6.98. The number of rotatable bonds is 5. The summed E-state index contributed by atoms with van der Waals surface area (Å²) in [6.45, 7) is 4.53. The molecule has 1 fully saturated rings. The van der Waals surface area contributed by atoms with E-state index in [1.165, 1.54) is 5.56 Å². The van der Waals surface area contributed by atoms with Gasteiger partial charge in [0.2, 0.25) is 11.8 Å². The smallest absolute Gasteiger partial charge is 0.227 e. The van der Waals surface area contributed by atoms with Gasteiger partial charge in [0.15, 0.2) is 0 Å². The number of aliphatic hydroxyl groups excluding tert-OH is 1. The zero-order chi connectivity index (χ0) is 18.8. The van der Waals surface area contributed by atoms with E-state index in [0.29, 0.717) is 6.54 Å². The summed E-state index contributed by atoms with van der Waals surface area (Å²) >= 11 is 0. The highest BCUT2D eigenvalue weighted by Crippen LogP contribution is 2.27. The summed E-state index contributed by atoms with van der Waals surface area (Å²) in [5.74, 6) is -0.640. The predicted octanol–water partition coefficient (Wildman–Crippen LogP) is 1.84. The van der Waals surface area contributed by atoms with E-state index >= 15 is 0 Å². The fourth-order valence-electron chi connectivity index (χ4n) is 3.29. The van der Waals surface area contributed by atoms with E-state index in [2.05, 4.69) is 5.32 Å². The molecule has 0 saturated carbocycles. The minimum atomic E-state index is -0.771. The molecule has 0 bridgehead atoms.